The van der Waals surface area contributed by atoms with Gasteiger partial charge >= 0.3 is 5.97 Å². The molecule has 0 aromatic heterocycles. The lowest BCUT2D eigenvalue weighted by molar-refractivity contribution is -0.342. The molecule has 0 radical (unpaired) electrons. The van der Waals surface area contributed by atoms with E-state index in [0.29, 0.717) is 44.9 Å². The average Bonchev–Trinajstić information content (AvgIpc) is 3.89. The second kappa shape index (κ2) is 19.2. The summed E-state index contributed by atoms with van der Waals surface area (Å²) in [4.78, 5) is 12.4. The molecule has 14 heteroatoms. The van der Waals surface area contributed by atoms with E-state index in [2.05, 4.69) is 34.6 Å². The standard InChI is InChI=1S/C46H80O14/c1-13-17-44(40-26(4)21-33(56-40)37-25(3)20-27(5)46(50,24-47)58-37)22-35(55-36-16-15-32(51-10)30(8)54-36)41(59-44)43(9)18-19-45(60-43)23-34(52-11)28(6)38(57-45)29(7)39(53-12)31(14-2)42(48)49/h25-41,47,50H,13-24H2,1-12H3,(H,48,49)/t25-,26-,27+,28+,29+,30+,31-,32-,33+,34-,35+,36-,37-,38-,39+,40+,41+,43-,44-,45+,46-/m0/s1. The third kappa shape index (κ3) is 9.25. The molecule has 6 aliphatic rings. The fourth-order valence-electron chi connectivity index (χ4n) is 12.5. The van der Waals surface area contributed by atoms with Crippen LogP contribution in [0.15, 0.2) is 0 Å². The van der Waals surface area contributed by atoms with Crippen molar-refractivity contribution in [2.24, 2.45) is 35.5 Å². The molecule has 348 valence electrons. The number of aliphatic hydroxyl groups is 2. The molecular weight excluding hydrogens is 776 g/mol. The maximum absolute atomic E-state index is 12.4. The first-order chi connectivity index (χ1) is 28.4. The van der Waals surface area contributed by atoms with E-state index in [4.69, 9.17) is 47.4 Å². The van der Waals surface area contributed by atoms with Crippen LogP contribution in [-0.2, 0) is 52.2 Å². The molecule has 0 saturated carbocycles. The summed E-state index contributed by atoms with van der Waals surface area (Å²) in [5.41, 5.74) is -1.56. The molecule has 0 aromatic carbocycles. The summed E-state index contributed by atoms with van der Waals surface area (Å²) in [5.74, 6) is -4.49. The molecule has 6 fully saturated rings. The predicted molar refractivity (Wildman–Crippen MR) is 221 cm³/mol. The molecule has 0 aromatic rings. The Morgan fingerprint density at radius 2 is 1.58 bits per heavy atom. The molecule has 0 amide bonds. The summed E-state index contributed by atoms with van der Waals surface area (Å²) in [7, 11) is 5.02. The number of carboxylic acids is 1. The SMILES string of the molecule is CCC[C@@]1([C@@H]2O[C@@H]([C@H]3O[C@@](O)(CO)[C@H](C)C[C@@H]3C)C[C@@H]2C)C[C@@H](O[C@H]2CC[C@H](OC)[C@@H](C)O2)[C@H]([C@]2(C)CC[C@]3(C[C@H](OC)[C@@H](C)[C@@H]([C@@H](C)[C@@H](OC)[C@H](CC)C(=O)O)O3)O2)O1. The number of carbonyl (C=O) groups is 1. The first-order valence-corrected chi connectivity index (χ1v) is 23.2. The predicted octanol–water partition coefficient (Wildman–Crippen LogP) is 6.24. The average molecular weight is 857 g/mol. The lowest BCUT2D eigenvalue weighted by atomic mass is 9.77. The number of aliphatic hydroxyl groups excluding tert-OH is 1. The smallest absolute Gasteiger partial charge is 0.309 e. The second-order valence-electron chi connectivity index (χ2n) is 20.0. The van der Waals surface area contributed by atoms with Gasteiger partial charge in [0.15, 0.2) is 17.9 Å². The lowest BCUT2D eigenvalue weighted by Gasteiger charge is -2.50. The van der Waals surface area contributed by atoms with E-state index in [9.17, 15) is 20.1 Å². The molecule has 6 aliphatic heterocycles. The zero-order valence-corrected chi connectivity index (χ0v) is 38.6. The normalized spacial score (nSPS) is 49.0. The van der Waals surface area contributed by atoms with Crippen LogP contribution in [0, 0.1) is 35.5 Å². The third-order valence-electron chi connectivity index (χ3n) is 15.8. The van der Waals surface area contributed by atoms with E-state index in [1.54, 1.807) is 21.3 Å². The van der Waals surface area contributed by atoms with Gasteiger partial charge in [-0.1, -0.05) is 54.9 Å². The largest absolute Gasteiger partial charge is 0.481 e. The Morgan fingerprint density at radius 1 is 0.867 bits per heavy atom. The molecule has 0 unspecified atom stereocenters. The van der Waals surface area contributed by atoms with Crippen molar-refractivity contribution in [3.05, 3.63) is 0 Å². The van der Waals surface area contributed by atoms with Crippen LogP contribution in [0.5, 0.6) is 0 Å². The maximum Gasteiger partial charge on any atom is 0.309 e. The molecule has 60 heavy (non-hydrogen) atoms. The number of hydrogen-bond acceptors (Lipinski definition) is 13. The van der Waals surface area contributed by atoms with E-state index >= 15 is 0 Å². The highest BCUT2D eigenvalue weighted by molar-refractivity contribution is 5.70. The molecule has 6 saturated heterocycles. The van der Waals surface area contributed by atoms with Crippen LogP contribution in [0.25, 0.3) is 0 Å². The van der Waals surface area contributed by atoms with Crippen LogP contribution in [-0.4, -0.2) is 139 Å². The van der Waals surface area contributed by atoms with Crippen molar-refractivity contribution in [3.63, 3.8) is 0 Å². The number of aliphatic carboxylic acids is 1. The molecule has 1 spiro atoms. The summed E-state index contributed by atoms with van der Waals surface area (Å²) in [6.45, 7) is 18.1. The Bertz CT molecular complexity index is 1420. The first kappa shape index (κ1) is 48.4. The monoisotopic (exact) mass is 857 g/mol. The summed E-state index contributed by atoms with van der Waals surface area (Å²) in [5, 5.41) is 31.5. The zero-order valence-electron chi connectivity index (χ0n) is 38.6. The van der Waals surface area contributed by atoms with E-state index in [1.165, 1.54) is 0 Å². The van der Waals surface area contributed by atoms with Crippen LogP contribution in [0.1, 0.15) is 133 Å². The van der Waals surface area contributed by atoms with Crippen molar-refractivity contribution in [2.45, 2.75) is 223 Å². The highest BCUT2D eigenvalue weighted by Crippen LogP contribution is 2.56. The Balaban J connectivity index is 1.30. The molecule has 6 heterocycles. The summed E-state index contributed by atoms with van der Waals surface area (Å²) in [6, 6.07) is 0. The summed E-state index contributed by atoms with van der Waals surface area (Å²) < 4.78 is 66.7. The van der Waals surface area contributed by atoms with Crippen LogP contribution >= 0.6 is 0 Å². The Morgan fingerprint density at radius 3 is 2.18 bits per heavy atom. The van der Waals surface area contributed by atoms with Gasteiger partial charge in [0.2, 0.25) is 0 Å². The first-order valence-electron chi connectivity index (χ1n) is 23.2. The van der Waals surface area contributed by atoms with Crippen molar-refractivity contribution in [3.8, 4) is 0 Å². The van der Waals surface area contributed by atoms with Gasteiger partial charge in [-0.2, -0.15) is 0 Å². The minimum absolute atomic E-state index is 0.00790. The third-order valence-corrected chi connectivity index (χ3v) is 15.8. The van der Waals surface area contributed by atoms with Crippen molar-refractivity contribution in [1.82, 2.24) is 0 Å². The van der Waals surface area contributed by atoms with Gasteiger partial charge < -0.3 is 62.7 Å². The summed E-state index contributed by atoms with van der Waals surface area (Å²) in [6.07, 6.45) is 3.64. The van der Waals surface area contributed by atoms with Gasteiger partial charge in [-0.15, -0.1) is 0 Å². The van der Waals surface area contributed by atoms with Crippen LogP contribution in [0.2, 0.25) is 0 Å². The van der Waals surface area contributed by atoms with Gasteiger partial charge in [-0.05, 0) is 64.2 Å². The Kier molecular flexibility index (Phi) is 15.5. The minimum atomic E-state index is -1.61. The maximum atomic E-state index is 12.4. The molecule has 0 bridgehead atoms. The van der Waals surface area contributed by atoms with Crippen molar-refractivity contribution in [1.29, 1.82) is 0 Å². The van der Waals surface area contributed by atoms with Gasteiger partial charge in [-0.3, -0.25) is 4.79 Å². The van der Waals surface area contributed by atoms with Crippen LogP contribution in [0.4, 0.5) is 0 Å². The minimum Gasteiger partial charge on any atom is -0.481 e. The second-order valence-corrected chi connectivity index (χ2v) is 20.0. The molecular formula is C46H80O14. The fourth-order valence-corrected chi connectivity index (χ4v) is 12.5. The highest BCUT2D eigenvalue weighted by Gasteiger charge is 2.65. The lowest BCUT2D eigenvalue weighted by Crippen LogP contribution is -2.58. The van der Waals surface area contributed by atoms with E-state index in [1.807, 2.05) is 27.7 Å². The molecule has 0 aliphatic carbocycles. The van der Waals surface area contributed by atoms with E-state index in [0.717, 1.165) is 25.7 Å². The topological polar surface area (TPSA) is 170 Å². The van der Waals surface area contributed by atoms with Gasteiger partial charge in [-0.25, -0.2) is 0 Å². The van der Waals surface area contributed by atoms with Gasteiger partial charge in [0, 0.05) is 64.8 Å². The van der Waals surface area contributed by atoms with Crippen molar-refractivity contribution < 1.29 is 67.5 Å². The molecule has 3 N–H and O–H groups in total. The Labute approximate surface area is 359 Å². The highest BCUT2D eigenvalue weighted by atomic mass is 16.7. The van der Waals surface area contributed by atoms with Crippen molar-refractivity contribution in [2.75, 3.05) is 27.9 Å². The Hall–Kier alpha value is -1.01. The summed E-state index contributed by atoms with van der Waals surface area (Å²) >= 11 is 0. The zero-order chi connectivity index (χ0) is 43.9. The molecule has 6 rings (SSSR count). The van der Waals surface area contributed by atoms with Crippen LogP contribution in [0.3, 0.4) is 0 Å². The van der Waals surface area contributed by atoms with Gasteiger partial charge in [0.1, 0.15) is 6.10 Å². The van der Waals surface area contributed by atoms with E-state index < -0.39 is 72.0 Å². The van der Waals surface area contributed by atoms with Crippen LogP contribution < -0.4 is 0 Å². The van der Waals surface area contributed by atoms with E-state index in [-0.39, 0.29) is 66.2 Å². The number of hydrogen-bond donors (Lipinski definition) is 3. The number of methoxy groups -OCH3 is 3. The number of rotatable bonds is 16. The quantitative estimate of drug-likeness (QED) is 0.159. The van der Waals surface area contributed by atoms with Gasteiger partial charge in [0.05, 0.1) is 78.7 Å². The number of ether oxygens (including phenoxy) is 10. The van der Waals surface area contributed by atoms with Crippen molar-refractivity contribution >= 4 is 5.97 Å². The fraction of sp³-hybridized carbons (Fsp3) is 0.978. The molecule has 14 nitrogen and oxygen atoms in total. The molecule has 21 atom stereocenters. The number of carboxylic acid groups (broad SMARTS) is 1. The van der Waals surface area contributed by atoms with Gasteiger partial charge in [0.25, 0.3) is 0 Å².